The van der Waals surface area contributed by atoms with Crippen LogP contribution in [0.5, 0.6) is 0 Å². The number of halogens is 1. The minimum Gasteiger partial charge on any atom is -0.409 e. The third kappa shape index (κ3) is 3.54. The van der Waals surface area contributed by atoms with Gasteiger partial charge >= 0.3 is 6.03 Å². The third-order valence-corrected chi connectivity index (χ3v) is 3.65. The molecular weight excluding hydrogens is 280 g/mol. The Morgan fingerprint density at radius 2 is 2.25 bits per heavy atom. The molecule has 1 fully saturated rings. The molecule has 2 amide bonds. The molecule has 20 heavy (non-hydrogen) atoms. The minimum absolute atomic E-state index is 0.0181. The Labute approximate surface area is 122 Å². The first-order valence-electron chi connectivity index (χ1n) is 6.32. The summed E-state index contributed by atoms with van der Waals surface area (Å²) in [5.41, 5.74) is 7.11. The number of rotatable bonds is 4. The number of amidine groups is 1. The van der Waals surface area contributed by atoms with Gasteiger partial charge in [-0.3, -0.25) is 0 Å². The lowest BCUT2D eigenvalue weighted by Gasteiger charge is -2.17. The van der Waals surface area contributed by atoms with Crippen molar-refractivity contribution in [3.05, 3.63) is 28.8 Å². The first-order valence-corrected chi connectivity index (χ1v) is 6.70. The van der Waals surface area contributed by atoms with E-state index in [1.807, 2.05) is 13.0 Å². The van der Waals surface area contributed by atoms with Gasteiger partial charge in [-0.1, -0.05) is 22.8 Å². The molecule has 108 valence electrons. The summed E-state index contributed by atoms with van der Waals surface area (Å²) >= 11 is 5.99. The van der Waals surface area contributed by atoms with E-state index in [-0.39, 0.29) is 11.8 Å². The maximum absolute atomic E-state index is 11.9. The highest BCUT2D eigenvalue weighted by Crippen LogP contribution is 2.32. The van der Waals surface area contributed by atoms with Crippen molar-refractivity contribution >= 4 is 29.2 Å². The molecule has 0 spiro atoms. The van der Waals surface area contributed by atoms with Crippen LogP contribution in [0.15, 0.2) is 23.4 Å². The monoisotopic (exact) mass is 296 g/mol. The molecule has 1 aliphatic carbocycles. The molecule has 1 saturated carbocycles. The van der Waals surface area contributed by atoms with Crippen LogP contribution in [0, 0.1) is 12.8 Å². The molecule has 0 saturated heterocycles. The molecule has 6 nitrogen and oxygen atoms in total. The highest BCUT2D eigenvalue weighted by molar-refractivity contribution is 6.31. The van der Waals surface area contributed by atoms with Gasteiger partial charge in [-0.05, 0) is 43.4 Å². The lowest BCUT2D eigenvalue weighted by molar-refractivity contribution is 0.249. The molecule has 1 aromatic carbocycles. The molecule has 2 rings (SSSR count). The summed E-state index contributed by atoms with van der Waals surface area (Å²) in [6, 6.07) is 4.40. The van der Waals surface area contributed by atoms with E-state index in [9.17, 15) is 4.79 Å². The minimum atomic E-state index is -0.444. The molecule has 1 unspecified atom stereocenters. The number of benzene rings is 1. The summed E-state index contributed by atoms with van der Waals surface area (Å²) in [7, 11) is 0. The Kier molecular flexibility index (Phi) is 4.34. The first kappa shape index (κ1) is 14.5. The van der Waals surface area contributed by atoms with Gasteiger partial charge in [0.1, 0.15) is 0 Å². The Morgan fingerprint density at radius 3 is 2.80 bits per heavy atom. The van der Waals surface area contributed by atoms with E-state index in [4.69, 9.17) is 22.5 Å². The van der Waals surface area contributed by atoms with Crippen LogP contribution in [0.1, 0.15) is 18.4 Å². The molecule has 1 aromatic rings. The van der Waals surface area contributed by atoms with Crippen LogP contribution in [0.4, 0.5) is 10.5 Å². The molecule has 0 heterocycles. The van der Waals surface area contributed by atoms with Crippen molar-refractivity contribution < 1.29 is 10.0 Å². The molecular formula is C13H17ClN4O2. The zero-order valence-corrected chi connectivity index (χ0v) is 11.8. The van der Waals surface area contributed by atoms with Gasteiger partial charge in [0.25, 0.3) is 0 Å². The summed E-state index contributed by atoms with van der Waals surface area (Å²) in [4.78, 5) is 11.9. The van der Waals surface area contributed by atoms with Gasteiger partial charge in [0, 0.05) is 10.7 Å². The van der Waals surface area contributed by atoms with Crippen molar-refractivity contribution in [3.8, 4) is 0 Å². The molecule has 0 aliphatic heterocycles. The maximum atomic E-state index is 11.9. The maximum Gasteiger partial charge on any atom is 0.319 e. The van der Waals surface area contributed by atoms with Crippen molar-refractivity contribution in [1.29, 1.82) is 0 Å². The van der Waals surface area contributed by atoms with Crippen molar-refractivity contribution in [2.45, 2.75) is 25.8 Å². The van der Waals surface area contributed by atoms with E-state index >= 15 is 0 Å². The number of nitrogens with zero attached hydrogens (tertiary/aromatic N) is 1. The second-order valence-electron chi connectivity index (χ2n) is 4.90. The lowest BCUT2D eigenvalue weighted by Crippen LogP contribution is -2.47. The fraction of sp³-hybridized carbons (Fsp3) is 0.385. The van der Waals surface area contributed by atoms with Crippen LogP contribution in [-0.4, -0.2) is 23.1 Å². The van der Waals surface area contributed by atoms with Crippen molar-refractivity contribution in [1.82, 2.24) is 5.32 Å². The molecule has 7 heteroatoms. The van der Waals surface area contributed by atoms with Crippen LogP contribution in [0.2, 0.25) is 5.02 Å². The number of anilines is 1. The van der Waals surface area contributed by atoms with E-state index in [0.29, 0.717) is 10.7 Å². The first-order chi connectivity index (χ1) is 9.51. The van der Waals surface area contributed by atoms with Gasteiger partial charge in [-0.15, -0.1) is 0 Å². The topological polar surface area (TPSA) is 99.7 Å². The van der Waals surface area contributed by atoms with Crippen LogP contribution < -0.4 is 16.4 Å². The van der Waals surface area contributed by atoms with E-state index in [0.717, 1.165) is 18.4 Å². The smallest absolute Gasteiger partial charge is 0.319 e. The summed E-state index contributed by atoms with van der Waals surface area (Å²) in [5.74, 6) is 0.253. The number of carbonyl (C=O) groups excluding carboxylic acids is 1. The van der Waals surface area contributed by atoms with E-state index in [2.05, 4.69) is 15.8 Å². The molecule has 0 bridgehead atoms. The predicted octanol–water partition coefficient (Wildman–Crippen LogP) is 2.29. The SMILES string of the molecule is Cc1ccc(NC(=O)NC(C(N)=NO)C2CC2)cc1Cl. The number of hydrogen-bond donors (Lipinski definition) is 4. The summed E-state index contributed by atoms with van der Waals surface area (Å²) in [5, 5.41) is 17.7. The van der Waals surface area contributed by atoms with Crippen LogP contribution in [-0.2, 0) is 0 Å². The summed E-state index contributed by atoms with van der Waals surface area (Å²) < 4.78 is 0. The van der Waals surface area contributed by atoms with Crippen molar-refractivity contribution in [2.75, 3.05) is 5.32 Å². The highest BCUT2D eigenvalue weighted by Gasteiger charge is 2.35. The molecule has 1 aliphatic rings. The van der Waals surface area contributed by atoms with Gasteiger partial charge in [-0.25, -0.2) is 4.79 Å². The van der Waals surface area contributed by atoms with Crippen LogP contribution in [0.3, 0.4) is 0 Å². The molecule has 0 radical (unpaired) electrons. The number of aryl methyl sites for hydroxylation is 1. The summed E-state index contributed by atoms with van der Waals surface area (Å²) in [6.45, 7) is 1.88. The quantitative estimate of drug-likeness (QED) is 0.297. The van der Waals surface area contributed by atoms with Crippen LogP contribution >= 0.6 is 11.6 Å². The number of amides is 2. The van der Waals surface area contributed by atoms with Crippen molar-refractivity contribution in [3.63, 3.8) is 0 Å². The average molecular weight is 297 g/mol. The number of carbonyl (C=O) groups is 1. The second-order valence-corrected chi connectivity index (χ2v) is 5.31. The number of nitrogens with one attached hydrogen (secondary N) is 2. The fourth-order valence-electron chi connectivity index (χ4n) is 1.90. The number of oxime groups is 1. The predicted molar refractivity (Wildman–Crippen MR) is 78.3 cm³/mol. The number of hydrogen-bond acceptors (Lipinski definition) is 3. The Hall–Kier alpha value is -1.95. The average Bonchev–Trinajstić information content (AvgIpc) is 3.24. The zero-order chi connectivity index (χ0) is 14.7. The number of nitrogens with two attached hydrogens (primary N) is 1. The highest BCUT2D eigenvalue weighted by atomic mass is 35.5. The normalized spacial score (nSPS) is 16.6. The van der Waals surface area contributed by atoms with E-state index in [1.165, 1.54) is 0 Å². The van der Waals surface area contributed by atoms with E-state index in [1.54, 1.807) is 12.1 Å². The fourth-order valence-corrected chi connectivity index (χ4v) is 2.08. The second kappa shape index (κ2) is 6.00. The molecule has 1 atom stereocenters. The standard InChI is InChI=1S/C13H17ClN4O2/c1-7-2-5-9(6-10(7)14)16-13(19)17-11(8-3-4-8)12(15)18-20/h2,5-6,8,11,20H,3-4H2,1H3,(H2,15,18)(H2,16,17,19). The zero-order valence-electron chi connectivity index (χ0n) is 11.1. The summed E-state index contributed by atoms with van der Waals surface area (Å²) in [6.07, 6.45) is 1.91. The van der Waals surface area contributed by atoms with Crippen molar-refractivity contribution in [2.24, 2.45) is 16.8 Å². The van der Waals surface area contributed by atoms with Gasteiger partial charge in [-0.2, -0.15) is 0 Å². The number of urea groups is 1. The molecule has 0 aromatic heterocycles. The van der Waals surface area contributed by atoms with Gasteiger partial charge < -0.3 is 21.6 Å². The Bertz CT molecular complexity index is 543. The third-order valence-electron chi connectivity index (χ3n) is 3.24. The van der Waals surface area contributed by atoms with Gasteiger partial charge in [0.15, 0.2) is 5.84 Å². The van der Waals surface area contributed by atoms with Gasteiger partial charge in [0.2, 0.25) is 0 Å². The largest absolute Gasteiger partial charge is 0.409 e. The Morgan fingerprint density at radius 1 is 1.55 bits per heavy atom. The lowest BCUT2D eigenvalue weighted by atomic mass is 10.1. The van der Waals surface area contributed by atoms with Gasteiger partial charge in [0.05, 0.1) is 6.04 Å². The molecule has 5 N–H and O–H groups in total. The van der Waals surface area contributed by atoms with E-state index < -0.39 is 12.1 Å². The van der Waals surface area contributed by atoms with Crippen LogP contribution in [0.25, 0.3) is 0 Å². The Balaban J connectivity index is 1.98.